The zero-order chi connectivity index (χ0) is 26.3. The SMILES string of the molecule is CCC(C)N(CC(=O)N(Cc1ccc(F)cc1)Cc1cccs1)C(=O)Nc1ccccc1C(F)(F)F. The third-order valence-electron chi connectivity index (χ3n) is 5.73. The lowest BCUT2D eigenvalue weighted by Crippen LogP contribution is -2.48. The van der Waals surface area contributed by atoms with Gasteiger partial charge in [0, 0.05) is 17.5 Å². The molecule has 0 spiro atoms. The van der Waals surface area contributed by atoms with Crippen molar-refractivity contribution in [2.75, 3.05) is 11.9 Å². The Morgan fingerprint density at radius 1 is 1.00 bits per heavy atom. The number of benzene rings is 2. The van der Waals surface area contributed by atoms with E-state index < -0.39 is 29.6 Å². The minimum atomic E-state index is -4.65. The van der Waals surface area contributed by atoms with Gasteiger partial charge in [-0.05, 0) is 54.6 Å². The lowest BCUT2D eigenvalue weighted by atomic mass is 10.1. The fraction of sp³-hybridized carbons (Fsp3) is 0.308. The first-order valence-electron chi connectivity index (χ1n) is 11.4. The van der Waals surface area contributed by atoms with Crippen molar-refractivity contribution in [3.8, 4) is 0 Å². The van der Waals surface area contributed by atoms with Gasteiger partial charge < -0.3 is 15.1 Å². The van der Waals surface area contributed by atoms with Gasteiger partial charge in [0.1, 0.15) is 12.4 Å². The van der Waals surface area contributed by atoms with E-state index in [-0.39, 0.29) is 31.2 Å². The number of amides is 3. The first kappa shape index (κ1) is 27.2. The third-order valence-corrected chi connectivity index (χ3v) is 6.59. The Morgan fingerprint density at radius 3 is 2.31 bits per heavy atom. The second-order valence-electron chi connectivity index (χ2n) is 8.31. The summed E-state index contributed by atoms with van der Waals surface area (Å²) < 4.78 is 53.6. The highest BCUT2D eigenvalue weighted by Crippen LogP contribution is 2.34. The Labute approximate surface area is 211 Å². The van der Waals surface area contributed by atoms with Gasteiger partial charge in [0.25, 0.3) is 0 Å². The molecule has 10 heteroatoms. The van der Waals surface area contributed by atoms with Crippen molar-refractivity contribution in [2.45, 2.75) is 45.6 Å². The van der Waals surface area contributed by atoms with Crippen LogP contribution in [0.5, 0.6) is 0 Å². The molecule has 3 aromatic rings. The summed E-state index contributed by atoms with van der Waals surface area (Å²) in [6, 6.07) is 13.0. The number of hydrogen-bond acceptors (Lipinski definition) is 3. The van der Waals surface area contributed by atoms with E-state index >= 15 is 0 Å². The number of nitrogens with one attached hydrogen (secondary N) is 1. The van der Waals surface area contributed by atoms with Crippen LogP contribution >= 0.6 is 11.3 Å². The van der Waals surface area contributed by atoms with E-state index in [2.05, 4.69) is 5.32 Å². The quantitative estimate of drug-likeness (QED) is 0.316. The molecule has 5 nitrogen and oxygen atoms in total. The van der Waals surface area contributed by atoms with Crippen molar-refractivity contribution >= 4 is 29.0 Å². The Balaban J connectivity index is 1.82. The second kappa shape index (κ2) is 12.0. The summed E-state index contributed by atoms with van der Waals surface area (Å²) in [6.07, 6.45) is -4.15. The van der Waals surface area contributed by atoms with Crippen LogP contribution in [0.25, 0.3) is 0 Å². The molecule has 0 aliphatic carbocycles. The molecular weight excluding hydrogens is 494 g/mol. The smallest absolute Gasteiger partial charge is 0.332 e. The molecular formula is C26H27F4N3O2S. The fourth-order valence-corrected chi connectivity index (χ4v) is 4.27. The number of rotatable bonds is 9. The highest BCUT2D eigenvalue weighted by Gasteiger charge is 2.34. The summed E-state index contributed by atoms with van der Waals surface area (Å²) in [6.45, 7) is 3.68. The molecule has 1 atom stereocenters. The van der Waals surface area contributed by atoms with E-state index in [4.69, 9.17) is 0 Å². The summed E-state index contributed by atoms with van der Waals surface area (Å²) >= 11 is 1.47. The molecule has 1 unspecified atom stereocenters. The maximum Gasteiger partial charge on any atom is 0.418 e. The van der Waals surface area contributed by atoms with Crippen LogP contribution in [0.4, 0.5) is 28.0 Å². The monoisotopic (exact) mass is 521 g/mol. The van der Waals surface area contributed by atoms with Gasteiger partial charge >= 0.3 is 12.2 Å². The molecule has 192 valence electrons. The van der Waals surface area contributed by atoms with Crippen molar-refractivity contribution in [1.82, 2.24) is 9.80 Å². The zero-order valence-corrected chi connectivity index (χ0v) is 20.7. The molecule has 36 heavy (non-hydrogen) atoms. The number of hydrogen-bond donors (Lipinski definition) is 1. The highest BCUT2D eigenvalue weighted by atomic mass is 32.1. The summed E-state index contributed by atoms with van der Waals surface area (Å²) in [5.41, 5.74) is -0.637. The third kappa shape index (κ3) is 7.30. The average Bonchev–Trinajstić information content (AvgIpc) is 3.35. The lowest BCUT2D eigenvalue weighted by Gasteiger charge is -2.31. The van der Waals surface area contributed by atoms with Crippen LogP contribution in [0, 0.1) is 5.82 Å². The largest absolute Gasteiger partial charge is 0.418 e. The van der Waals surface area contributed by atoms with Gasteiger partial charge in [-0.3, -0.25) is 4.79 Å². The van der Waals surface area contributed by atoms with Crippen LogP contribution in [0.15, 0.2) is 66.0 Å². The van der Waals surface area contributed by atoms with E-state index in [9.17, 15) is 27.2 Å². The zero-order valence-electron chi connectivity index (χ0n) is 19.9. The van der Waals surface area contributed by atoms with Crippen molar-refractivity contribution < 1.29 is 27.2 Å². The maximum absolute atomic E-state index is 13.4. The van der Waals surface area contributed by atoms with Crippen LogP contribution in [-0.2, 0) is 24.1 Å². The van der Waals surface area contributed by atoms with E-state index in [1.54, 1.807) is 24.0 Å². The second-order valence-corrected chi connectivity index (χ2v) is 9.35. The van der Waals surface area contributed by atoms with Gasteiger partial charge in [-0.1, -0.05) is 37.3 Å². The number of anilines is 1. The average molecular weight is 522 g/mol. The standard InChI is InChI=1S/C26H27F4N3O2S/c1-3-18(2)33(25(35)31-23-9-5-4-8-22(23)26(28,29)30)17-24(34)32(16-21-7-6-14-36-21)15-19-10-12-20(27)13-11-19/h4-14,18H,3,15-17H2,1-2H3,(H,31,35). The molecule has 0 saturated heterocycles. The van der Waals surface area contributed by atoms with Gasteiger partial charge in [-0.15, -0.1) is 11.3 Å². The van der Waals surface area contributed by atoms with E-state index in [0.29, 0.717) is 12.0 Å². The number of para-hydroxylation sites is 1. The molecule has 1 aromatic heterocycles. The molecule has 0 aliphatic heterocycles. The topological polar surface area (TPSA) is 52.7 Å². The summed E-state index contributed by atoms with van der Waals surface area (Å²) in [7, 11) is 0. The number of thiophene rings is 1. The van der Waals surface area contributed by atoms with Crippen molar-refractivity contribution in [3.63, 3.8) is 0 Å². The van der Waals surface area contributed by atoms with Crippen molar-refractivity contribution in [2.24, 2.45) is 0 Å². The Hall–Kier alpha value is -3.40. The van der Waals surface area contributed by atoms with Crippen molar-refractivity contribution in [1.29, 1.82) is 0 Å². The van der Waals surface area contributed by atoms with Crippen LogP contribution in [0.1, 0.15) is 36.3 Å². The molecule has 0 saturated carbocycles. The van der Waals surface area contributed by atoms with Gasteiger partial charge in [0.05, 0.1) is 17.8 Å². The first-order valence-corrected chi connectivity index (χ1v) is 12.2. The molecule has 3 amide bonds. The summed E-state index contributed by atoms with van der Waals surface area (Å²) in [5, 5.41) is 4.22. The van der Waals surface area contributed by atoms with Gasteiger partial charge in [-0.25, -0.2) is 9.18 Å². The highest BCUT2D eigenvalue weighted by molar-refractivity contribution is 7.09. The van der Waals surface area contributed by atoms with Crippen LogP contribution in [-0.4, -0.2) is 34.3 Å². The lowest BCUT2D eigenvalue weighted by molar-refractivity contribution is -0.137. The number of carbonyl (C=O) groups excluding carboxylic acids is 2. The van der Waals surface area contributed by atoms with Gasteiger partial charge in [-0.2, -0.15) is 13.2 Å². The normalized spacial score (nSPS) is 12.2. The minimum Gasteiger partial charge on any atom is -0.332 e. The first-order chi connectivity index (χ1) is 17.1. The minimum absolute atomic E-state index is 0.184. The maximum atomic E-state index is 13.4. The van der Waals surface area contributed by atoms with E-state index in [1.807, 2.05) is 24.4 Å². The fourth-order valence-electron chi connectivity index (χ4n) is 3.55. The molecule has 0 bridgehead atoms. The molecule has 3 rings (SSSR count). The predicted molar refractivity (Wildman–Crippen MR) is 132 cm³/mol. The van der Waals surface area contributed by atoms with Crippen LogP contribution in [0.3, 0.4) is 0 Å². The Kier molecular flexibility index (Phi) is 9.08. The van der Waals surface area contributed by atoms with Crippen LogP contribution in [0.2, 0.25) is 0 Å². The van der Waals surface area contributed by atoms with Gasteiger partial charge in [0.15, 0.2) is 0 Å². The molecule has 1 heterocycles. The molecule has 2 aromatic carbocycles. The molecule has 0 fully saturated rings. The summed E-state index contributed by atoms with van der Waals surface area (Å²) in [4.78, 5) is 30.2. The number of alkyl halides is 3. The summed E-state index contributed by atoms with van der Waals surface area (Å²) in [5.74, 6) is -0.777. The molecule has 1 N–H and O–H groups in total. The number of halogens is 4. The van der Waals surface area contributed by atoms with Crippen LogP contribution < -0.4 is 5.32 Å². The van der Waals surface area contributed by atoms with Gasteiger partial charge in [0.2, 0.25) is 5.91 Å². The van der Waals surface area contributed by atoms with E-state index in [1.165, 1.54) is 46.6 Å². The number of nitrogens with zero attached hydrogens (tertiary/aromatic N) is 2. The molecule has 0 aliphatic rings. The van der Waals surface area contributed by atoms with E-state index in [0.717, 1.165) is 10.9 Å². The number of carbonyl (C=O) groups is 2. The Bertz CT molecular complexity index is 1150. The molecule has 0 radical (unpaired) electrons. The van der Waals surface area contributed by atoms with Crippen molar-refractivity contribution in [3.05, 3.63) is 87.9 Å². The predicted octanol–water partition coefficient (Wildman–Crippen LogP) is 6.77. The number of urea groups is 1. The Morgan fingerprint density at radius 2 is 1.69 bits per heavy atom.